The van der Waals surface area contributed by atoms with Crippen LogP contribution in [-0.4, -0.2) is 4.98 Å². The van der Waals surface area contributed by atoms with E-state index in [1.54, 1.807) is 6.20 Å². The Balaban J connectivity index is 2.76. The zero-order chi connectivity index (χ0) is 6.69. The summed E-state index contributed by atoms with van der Waals surface area (Å²) in [6, 6.07) is 0. The molecule has 0 aliphatic carbocycles. The van der Waals surface area contributed by atoms with E-state index < -0.39 is 0 Å². The second-order valence-corrected chi connectivity index (χ2v) is 3.09. The van der Waals surface area contributed by atoms with Gasteiger partial charge in [0.2, 0.25) is 6.54 Å². The Bertz CT molecular complexity index is 237. The summed E-state index contributed by atoms with van der Waals surface area (Å²) < 4.78 is 0.508. The number of thiazole rings is 1. The Morgan fingerprint density at radius 1 is 1.89 bits per heavy atom. The molecule has 0 aliphatic heterocycles. The van der Waals surface area contributed by atoms with Crippen molar-refractivity contribution in [3.63, 3.8) is 0 Å². The number of aromatic nitrogens is 1. The predicted octanol–water partition coefficient (Wildman–Crippen LogP) is 2.22. The van der Waals surface area contributed by atoms with Crippen LogP contribution in [-0.2, 0) is 6.54 Å². The van der Waals surface area contributed by atoms with Gasteiger partial charge in [0, 0.05) is 0 Å². The van der Waals surface area contributed by atoms with Crippen LogP contribution < -0.4 is 0 Å². The van der Waals surface area contributed by atoms with E-state index in [-0.39, 0.29) is 0 Å². The van der Waals surface area contributed by atoms with Crippen LogP contribution in [0, 0.1) is 6.57 Å². The quantitative estimate of drug-likeness (QED) is 0.573. The van der Waals surface area contributed by atoms with Gasteiger partial charge in [-0.25, -0.2) is 11.6 Å². The maximum absolute atomic E-state index is 6.51. The molecule has 0 bridgehead atoms. The highest BCUT2D eigenvalue weighted by molar-refractivity contribution is 7.15. The molecule has 0 atom stereocenters. The Kier molecular flexibility index (Phi) is 2.04. The first-order chi connectivity index (χ1) is 4.33. The number of nitrogens with zero attached hydrogens (tertiary/aromatic N) is 2. The molecule has 1 rings (SSSR count). The molecule has 4 heteroatoms. The summed E-state index contributed by atoms with van der Waals surface area (Å²) in [6.45, 7) is 6.90. The summed E-state index contributed by atoms with van der Waals surface area (Å²) in [4.78, 5) is 7.88. The fraction of sp³-hybridized carbons (Fsp3) is 0.200. The highest BCUT2D eigenvalue weighted by atomic mass is 35.5. The topological polar surface area (TPSA) is 17.2 Å². The summed E-state index contributed by atoms with van der Waals surface area (Å²) in [5.41, 5.74) is 0. The molecule has 1 aromatic heterocycles. The van der Waals surface area contributed by atoms with Crippen LogP contribution >= 0.6 is 22.9 Å². The van der Waals surface area contributed by atoms with Crippen LogP contribution in [0.15, 0.2) is 6.20 Å². The number of hydrogen-bond acceptors (Lipinski definition) is 2. The lowest BCUT2D eigenvalue weighted by Crippen LogP contribution is -1.65. The van der Waals surface area contributed by atoms with Crippen LogP contribution in [0.2, 0.25) is 4.47 Å². The summed E-state index contributed by atoms with van der Waals surface area (Å²) in [6.07, 6.45) is 1.63. The van der Waals surface area contributed by atoms with Crippen LogP contribution in [0.3, 0.4) is 0 Å². The zero-order valence-electron chi connectivity index (χ0n) is 4.47. The third-order valence-electron chi connectivity index (χ3n) is 0.760. The highest BCUT2D eigenvalue weighted by Gasteiger charge is 1.98. The molecule has 0 aliphatic rings. The molecule has 2 nitrogen and oxygen atoms in total. The van der Waals surface area contributed by atoms with E-state index >= 15 is 0 Å². The summed E-state index contributed by atoms with van der Waals surface area (Å²) >= 11 is 6.85. The Morgan fingerprint density at radius 3 is 3.11 bits per heavy atom. The van der Waals surface area contributed by atoms with E-state index in [2.05, 4.69) is 9.83 Å². The molecule has 0 fully saturated rings. The van der Waals surface area contributed by atoms with Gasteiger partial charge in [-0.15, -0.1) is 0 Å². The number of rotatable bonds is 1. The normalized spacial score (nSPS) is 8.89. The molecule has 0 aromatic carbocycles. The van der Waals surface area contributed by atoms with E-state index in [9.17, 15) is 0 Å². The second-order valence-electron chi connectivity index (χ2n) is 1.40. The van der Waals surface area contributed by atoms with Gasteiger partial charge in [0.25, 0.3) is 0 Å². The van der Waals surface area contributed by atoms with Gasteiger partial charge in [-0.2, -0.15) is 0 Å². The van der Waals surface area contributed by atoms with E-state index in [1.165, 1.54) is 11.3 Å². The highest BCUT2D eigenvalue weighted by Crippen LogP contribution is 2.17. The molecule has 0 saturated heterocycles. The molecule has 1 heterocycles. The first-order valence-corrected chi connectivity index (χ1v) is 3.46. The van der Waals surface area contributed by atoms with Gasteiger partial charge in [-0.1, -0.05) is 22.9 Å². The van der Waals surface area contributed by atoms with E-state index in [0.717, 1.165) is 4.88 Å². The van der Waals surface area contributed by atoms with Crippen molar-refractivity contribution in [2.45, 2.75) is 6.54 Å². The summed E-state index contributed by atoms with van der Waals surface area (Å²) in [5.74, 6) is 0. The van der Waals surface area contributed by atoms with E-state index in [1.807, 2.05) is 0 Å². The lowest BCUT2D eigenvalue weighted by atomic mass is 10.6. The van der Waals surface area contributed by atoms with Crippen molar-refractivity contribution >= 4 is 22.9 Å². The zero-order valence-corrected chi connectivity index (χ0v) is 6.04. The minimum atomic E-state index is 0.393. The fourth-order valence-electron chi connectivity index (χ4n) is 0.435. The Hall–Kier alpha value is -0.590. The average molecular weight is 159 g/mol. The van der Waals surface area contributed by atoms with Gasteiger partial charge < -0.3 is 4.85 Å². The molecule has 1 aromatic rings. The second kappa shape index (κ2) is 2.81. The standard InChI is InChI=1S/C5H3ClN2S/c1-7-2-4-3-8-5(6)9-4/h3H,2H2. The maximum atomic E-state index is 6.51. The van der Waals surface area contributed by atoms with Crippen molar-refractivity contribution in [1.82, 2.24) is 4.98 Å². The van der Waals surface area contributed by atoms with Crippen LogP contribution in [0.4, 0.5) is 0 Å². The third-order valence-corrected chi connectivity index (χ3v) is 1.86. The van der Waals surface area contributed by atoms with Crippen molar-refractivity contribution in [1.29, 1.82) is 0 Å². The minimum absolute atomic E-state index is 0.393. The maximum Gasteiger partial charge on any atom is 0.250 e. The Morgan fingerprint density at radius 2 is 2.67 bits per heavy atom. The van der Waals surface area contributed by atoms with Crippen LogP contribution in [0.25, 0.3) is 4.85 Å². The monoisotopic (exact) mass is 158 g/mol. The van der Waals surface area contributed by atoms with Crippen molar-refractivity contribution < 1.29 is 0 Å². The van der Waals surface area contributed by atoms with Crippen molar-refractivity contribution in [2.75, 3.05) is 0 Å². The van der Waals surface area contributed by atoms with E-state index in [0.29, 0.717) is 11.0 Å². The first-order valence-electron chi connectivity index (χ1n) is 2.26. The molecule has 9 heavy (non-hydrogen) atoms. The van der Waals surface area contributed by atoms with Gasteiger partial charge in [0.15, 0.2) is 4.47 Å². The molecule has 46 valence electrons. The fourth-order valence-corrected chi connectivity index (χ4v) is 1.34. The molecule has 0 saturated carbocycles. The third kappa shape index (κ3) is 1.67. The minimum Gasteiger partial charge on any atom is -0.311 e. The smallest absolute Gasteiger partial charge is 0.250 e. The van der Waals surface area contributed by atoms with Crippen LogP contribution in [0.1, 0.15) is 4.88 Å². The largest absolute Gasteiger partial charge is 0.311 e. The van der Waals surface area contributed by atoms with Crippen molar-refractivity contribution in [3.8, 4) is 0 Å². The summed E-state index contributed by atoms with van der Waals surface area (Å²) in [7, 11) is 0. The van der Waals surface area contributed by atoms with Gasteiger partial charge in [0.05, 0.1) is 6.20 Å². The number of halogens is 1. The lowest BCUT2D eigenvalue weighted by Gasteiger charge is -1.73. The molecule has 0 unspecified atom stereocenters. The Labute approximate surface area is 61.9 Å². The lowest BCUT2D eigenvalue weighted by molar-refractivity contribution is 1.29. The average Bonchev–Trinajstić information content (AvgIpc) is 2.17. The van der Waals surface area contributed by atoms with Crippen molar-refractivity contribution in [3.05, 3.63) is 27.0 Å². The van der Waals surface area contributed by atoms with E-state index in [4.69, 9.17) is 18.2 Å². The molecular formula is C5H3ClN2S. The molecule has 0 radical (unpaired) electrons. The molecular weight excluding hydrogens is 156 g/mol. The molecule has 0 amide bonds. The molecule has 0 spiro atoms. The SMILES string of the molecule is [C-]#[N+]Cc1cnc(Cl)s1. The van der Waals surface area contributed by atoms with Gasteiger partial charge in [-0.05, 0) is 0 Å². The predicted molar refractivity (Wildman–Crippen MR) is 37.4 cm³/mol. The van der Waals surface area contributed by atoms with Gasteiger partial charge in [-0.3, -0.25) is 0 Å². The van der Waals surface area contributed by atoms with Crippen LogP contribution in [0.5, 0.6) is 0 Å². The summed E-state index contributed by atoms with van der Waals surface area (Å²) in [5, 5.41) is 0. The van der Waals surface area contributed by atoms with Gasteiger partial charge in [0.1, 0.15) is 4.88 Å². The van der Waals surface area contributed by atoms with Gasteiger partial charge >= 0.3 is 0 Å². The first kappa shape index (κ1) is 6.53. The number of hydrogen-bond donors (Lipinski definition) is 0. The molecule has 0 N–H and O–H groups in total. The van der Waals surface area contributed by atoms with Crippen molar-refractivity contribution in [2.24, 2.45) is 0 Å².